The minimum atomic E-state index is -3.73. The van der Waals surface area contributed by atoms with E-state index >= 15 is 0 Å². The van der Waals surface area contributed by atoms with Crippen molar-refractivity contribution in [3.05, 3.63) is 64.4 Å². The van der Waals surface area contributed by atoms with Gasteiger partial charge in [-0.15, -0.1) is 0 Å². The Labute approximate surface area is 126 Å². The zero-order valence-electron chi connectivity index (χ0n) is 10.7. The van der Waals surface area contributed by atoms with Gasteiger partial charge in [0.15, 0.2) is 0 Å². The van der Waals surface area contributed by atoms with Crippen LogP contribution in [-0.4, -0.2) is 8.42 Å². The number of halogens is 2. The van der Waals surface area contributed by atoms with Crippen molar-refractivity contribution in [2.45, 2.75) is 5.75 Å². The Balaban J connectivity index is 2.18. The van der Waals surface area contributed by atoms with Crippen LogP contribution in [0.3, 0.4) is 0 Å². The van der Waals surface area contributed by atoms with Gasteiger partial charge in [-0.05, 0) is 35.9 Å². The standard InChI is InChI=1S/C14H10ClFN2O2S/c15-13-6-5-12(16)7-14(13)18-21(19,20)9-11-3-1-10(8-17)2-4-11/h1-7,18H,9H2. The highest BCUT2D eigenvalue weighted by atomic mass is 35.5. The molecule has 0 saturated heterocycles. The van der Waals surface area contributed by atoms with E-state index in [9.17, 15) is 12.8 Å². The zero-order chi connectivity index (χ0) is 15.5. The normalized spacial score (nSPS) is 10.9. The minimum absolute atomic E-state index is 0.00897. The lowest BCUT2D eigenvalue weighted by molar-refractivity contribution is 0.600. The van der Waals surface area contributed by atoms with Crippen molar-refractivity contribution in [3.63, 3.8) is 0 Å². The van der Waals surface area contributed by atoms with Crippen molar-refractivity contribution < 1.29 is 12.8 Å². The van der Waals surface area contributed by atoms with Crippen LogP contribution in [0.4, 0.5) is 10.1 Å². The highest BCUT2D eigenvalue weighted by molar-refractivity contribution is 7.91. The van der Waals surface area contributed by atoms with Gasteiger partial charge >= 0.3 is 0 Å². The van der Waals surface area contributed by atoms with Crippen molar-refractivity contribution in [1.82, 2.24) is 0 Å². The smallest absolute Gasteiger partial charge is 0.236 e. The van der Waals surface area contributed by atoms with Crippen molar-refractivity contribution in [2.75, 3.05) is 4.72 Å². The number of hydrogen-bond acceptors (Lipinski definition) is 3. The van der Waals surface area contributed by atoms with E-state index < -0.39 is 15.8 Å². The minimum Gasteiger partial charge on any atom is -0.282 e. The molecule has 108 valence electrons. The first-order valence-corrected chi connectivity index (χ1v) is 7.87. The van der Waals surface area contributed by atoms with Crippen LogP contribution in [0.5, 0.6) is 0 Å². The lowest BCUT2D eigenvalue weighted by atomic mass is 10.2. The topological polar surface area (TPSA) is 70.0 Å². The molecule has 0 spiro atoms. The molecule has 0 amide bonds. The van der Waals surface area contributed by atoms with Gasteiger partial charge in [0.25, 0.3) is 0 Å². The van der Waals surface area contributed by atoms with Crippen LogP contribution < -0.4 is 4.72 Å². The Hall–Kier alpha value is -2.10. The second-order valence-corrected chi connectivity index (χ2v) is 6.42. The zero-order valence-corrected chi connectivity index (χ0v) is 12.2. The van der Waals surface area contributed by atoms with E-state index in [0.29, 0.717) is 11.1 Å². The van der Waals surface area contributed by atoms with Crippen LogP contribution >= 0.6 is 11.6 Å². The molecule has 1 N–H and O–H groups in total. The molecule has 2 aromatic rings. The molecular formula is C14H10ClFN2O2S. The van der Waals surface area contributed by atoms with Gasteiger partial charge in [0.05, 0.1) is 28.1 Å². The van der Waals surface area contributed by atoms with E-state index in [2.05, 4.69) is 4.72 Å². The molecule has 0 saturated carbocycles. The van der Waals surface area contributed by atoms with Crippen LogP contribution in [-0.2, 0) is 15.8 Å². The third-order valence-corrected chi connectivity index (χ3v) is 4.21. The van der Waals surface area contributed by atoms with Gasteiger partial charge in [-0.2, -0.15) is 5.26 Å². The molecule has 2 aromatic carbocycles. The van der Waals surface area contributed by atoms with Gasteiger partial charge < -0.3 is 0 Å². The summed E-state index contributed by atoms with van der Waals surface area (Å²) in [4.78, 5) is 0. The Kier molecular flexibility index (Phi) is 4.46. The maximum atomic E-state index is 13.1. The lowest BCUT2D eigenvalue weighted by Gasteiger charge is -2.09. The Morgan fingerprint density at radius 1 is 1.19 bits per heavy atom. The summed E-state index contributed by atoms with van der Waals surface area (Å²) in [7, 11) is -3.73. The number of hydrogen-bond donors (Lipinski definition) is 1. The SMILES string of the molecule is N#Cc1ccc(CS(=O)(=O)Nc2cc(F)ccc2Cl)cc1. The molecule has 0 heterocycles. The Morgan fingerprint density at radius 2 is 1.86 bits per heavy atom. The first-order chi connectivity index (χ1) is 9.89. The first-order valence-electron chi connectivity index (χ1n) is 5.84. The number of anilines is 1. The van der Waals surface area contributed by atoms with Crippen LogP contribution in [0, 0.1) is 17.1 Å². The summed E-state index contributed by atoms with van der Waals surface area (Å²) in [6.07, 6.45) is 0. The van der Waals surface area contributed by atoms with Crippen LogP contribution in [0.25, 0.3) is 0 Å². The molecule has 2 rings (SSSR count). The summed E-state index contributed by atoms with van der Waals surface area (Å²) < 4.78 is 39.4. The monoisotopic (exact) mass is 324 g/mol. The molecule has 0 bridgehead atoms. The maximum absolute atomic E-state index is 13.1. The van der Waals surface area contributed by atoms with Gasteiger partial charge in [0.1, 0.15) is 5.82 Å². The maximum Gasteiger partial charge on any atom is 0.236 e. The van der Waals surface area contributed by atoms with E-state index in [-0.39, 0.29) is 16.5 Å². The number of nitrogens with one attached hydrogen (secondary N) is 1. The van der Waals surface area contributed by atoms with Crippen molar-refractivity contribution in [3.8, 4) is 6.07 Å². The molecule has 21 heavy (non-hydrogen) atoms. The van der Waals surface area contributed by atoms with E-state index in [4.69, 9.17) is 16.9 Å². The highest BCUT2D eigenvalue weighted by Crippen LogP contribution is 2.24. The van der Waals surface area contributed by atoms with Crippen molar-refractivity contribution in [2.24, 2.45) is 0 Å². The molecule has 0 radical (unpaired) electrons. The Morgan fingerprint density at radius 3 is 2.48 bits per heavy atom. The number of nitriles is 1. The van der Waals surface area contributed by atoms with E-state index in [1.54, 1.807) is 12.1 Å². The summed E-state index contributed by atoms with van der Waals surface area (Å²) in [5.74, 6) is -0.888. The van der Waals surface area contributed by atoms with E-state index in [0.717, 1.165) is 12.1 Å². The summed E-state index contributed by atoms with van der Waals surface area (Å²) in [6, 6.07) is 11.5. The summed E-state index contributed by atoms with van der Waals surface area (Å²) in [6.45, 7) is 0. The highest BCUT2D eigenvalue weighted by Gasteiger charge is 2.14. The average molecular weight is 325 g/mol. The fourth-order valence-electron chi connectivity index (χ4n) is 1.67. The third kappa shape index (κ3) is 4.18. The number of benzene rings is 2. The molecular weight excluding hydrogens is 315 g/mol. The largest absolute Gasteiger partial charge is 0.282 e. The predicted molar refractivity (Wildman–Crippen MR) is 78.8 cm³/mol. The molecule has 0 aliphatic rings. The molecule has 0 atom stereocenters. The van der Waals surface area contributed by atoms with Gasteiger partial charge in [-0.3, -0.25) is 4.72 Å². The quantitative estimate of drug-likeness (QED) is 0.938. The van der Waals surface area contributed by atoms with Crippen molar-refractivity contribution in [1.29, 1.82) is 5.26 Å². The number of rotatable bonds is 4. The van der Waals surface area contributed by atoms with Crippen LogP contribution in [0.1, 0.15) is 11.1 Å². The lowest BCUT2D eigenvalue weighted by Crippen LogP contribution is -2.15. The van der Waals surface area contributed by atoms with Gasteiger partial charge in [-0.25, -0.2) is 12.8 Å². The second-order valence-electron chi connectivity index (χ2n) is 4.29. The second kappa shape index (κ2) is 6.12. The third-order valence-electron chi connectivity index (χ3n) is 2.63. The molecule has 0 aliphatic carbocycles. The van der Waals surface area contributed by atoms with E-state index in [1.165, 1.54) is 18.2 Å². The van der Waals surface area contributed by atoms with E-state index in [1.807, 2.05) is 6.07 Å². The first kappa shape index (κ1) is 15.3. The molecule has 0 unspecified atom stereocenters. The summed E-state index contributed by atoms with van der Waals surface area (Å²) >= 11 is 5.82. The summed E-state index contributed by atoms with van der Waals surface area (Å²) in [5, 5.41) is 8.79. The molecule has 4 nitrogen and oxygen atoms in total. The summed E-state index contributed by atoms with van der Waals surface area (Å²) in [5.41, 5.74) is 0.941. The van der Waals surface area contributed by atoms with Gasteiger partial charge in [0, 0.05) is 0 Å². The van der Waals surface area contributed by atoms with Gasteiger partial charge in [-0.1, -0.05) is 23.7 Å². The molecule has 0 fully saturated rings. The number of sulfonamides is 1. The van der Waals surface area contributed by atoms with Crippen LogP contribution in [0.2, 0.25) is 5.02 Å². The molecule has 0 aromatic heterocycles. The van der Waals surface area contributed by atoms with Gasteiger partial charge in [0.2, 0.25) is 10.0 Å². The average Bonchev–Trinajstić information content (AvgIpc) is 2.43. The van der Waals surface area contributed by atoms with Crippen LogP contribution in [0.15, 0.2) is 42.5 Å². The molecule has 7 heteroatoms. The molecule has 0 aliphatic heterocycles. The fraction of sp³-hybridized carbons (Fsp3) is 0.0714. The number of nitrogens with zero attached hydrogens (tertiary/aromatic N) is 1. The Bertz CT molecular complexity index is 799. The van der Waals surface area contributed by atoms with Crippen molar-refractivity contribution >= 4 is 27.3 Å². The fourth-order valence-corrected chi connectivity index (χ4v) is 3.10. The predicted octanol–water partition coefficient (Wildman–Crippen LogP) is 3.29.